The second kappa shape index (κ2) is 10.9. The highest BCUT2D eigenvalue weighted by atomic mass is 16.5. The molecule has 0 aromatic heterocycles. The predicted molar refractivity (Wildman–Crippen MR) is 87.3 cm³/mol. The molecule has 0 aliphatic heterocycles. The lowest BCUT2D eigenvalue weighted by Gasteiger charge is -2.18. The molecule has 1 aromatic carbocycles. The second-order valence-corrected chi connectivity index (χ2v) is 5.56. The lowest BCUT2D eigenvalue weighted by atomic mass is 9.94. The molecule has 0 saturated carbocycles. The highest BCUT2D eigenvalue weighted by Crippen LogP contribution is 2.15. The zero-order valence-corrected chi connectivity index (χ0v) is 13.5. The third-order valence-electron chi connectivity index (χ3n) is 3.77. The predicted octanol–water partition coefficient (Wildman–Crippen LogP) is 3.97. The van der Waals surface area contributed by atoms with Crippen LogP contribution in [0.25, 0.3) is 0 Å². The Morgan fingerprint density at radius 2 is 1.95 bits per heavy atom. The molecule has 0 saturated heterocycles. The fourth-order valence-corrected chi connectivity index (χ4v) is 2.37. The van der Waals surface area contributed by atoms with Crippen molar-refractivity contribution >= 4 is 0 Å². The first-order valence-corrected chi connectivity index (χ1v) is 8.10. The maximum absolute atomic E-state index is 5.72. The van der Waals surface area contributed by atoms with E-state index in [0.29, 0.717) is 5.92 Å². The van der Waals surface area contributed by atoms with Crippen LogP contribution in [0, 0.1) is 12.8 Å². The van der Waals surface area contributed by atoms with Crippen LogP contribution in [0.4, 0.5) is 0 Å². The first-order chi connectivity index (χ1) is 9.77. The molecule has 1 rings (SSSR count). The van der Waals surface area contributed by atoms with Crippen LogP contribution >= 0.6 is 0 Å². The number of aryl methyl sites for hydroxylation is 1. The van der Waals surface area contributed by atoms with Crippen LogP contribution in [0.15, 0.2) is 24.3 Å². The average molecular weight is 277 g/mol. The van der Waals surface area contributed by atoms with Crippen LogP contribution in [0.5, 0.6) is 0 Å². The first-order valence-electron chi connectivity index (χ1n) is 8.10. The van der Waals surface area contributed by atoms with Gasteiger partial charge in [0, 0.05) is 13.2 Å². The van der Waals surface area contributed by atoms with E-state index >= 15 is 0 Å². The summed E-state index contributed by atoms with van der Waals surface area (Å²) < 4.78 is 5.72. The Bertz CT molecular complexity index is 351. The third kappa shape index (κ3) is 7.06. The molecule has 20 heavy (non-hydrogen) atoms. The van der Waals surface area contributed by atoms with E-state index in [0.717, 1.165) is 39.1 Å². The molecular formula is C18H31NO. The molecule has 0 bridgehead atoms. The van der Waals surface area contributed by atoms with Crippen molar-refractivity contribution in [2.24, 2.45) is 5.92 Å². The van der Waals surface area contributed by atoms with E-state index in [1.807, 2.05) is 0 Å². The Morgan fingerprint density at radius 1 is 1.15 bits per heavy atom. The molecule has 1 atom stereocenters. The number of benzene rings is 1. The van der Waals surface area contributed by atoms with E-state index in [9.17, 15) is 0 Å². The molecule has 0 fully saturated rings. The van der Waals surface area contributed by atoms with Gasteiger partial charge in [0.2, 0.25) is 0 Å². The van der Waals surface area contributed by atoms with Crippen LogP contribution in [0.3, 0.4) is 0 Å². The molecule has 1 N–H and O–H groups in total. The quantitative estimate of drug-likeness (QED) is 0.618. The van der Waals surface area contributed by atoms with Crippen molar-refractivity contribution in [1.29, 1.82) is 0 Å². The maximum Gasteiger partial charge on any atom is 0.0469 e. The van der Waals surface area contributed by atoms with Crippen molar-refractivity contribution in [1.82, 2.24) is 5.32 Å². The summed E-state index contributed by atoms with van der Waals surface area (Å²) in [4.78, 5) is 0. The Morgan fingerprint density at radius 3 is 2.65 bits per heavy atom. The molecule has 0 spiro atoms. The van der Waals surface area contributed by atoms with Crippen molar-refractivity contribution < 1.29 is 4.74 Å². The summed E-state index contributed by atoms with van der Waals surface area (Å²) in [5.41, 5.74) is 2.88. The van der Waals surface area contributed by atoms with Gasteiger partial charge in [-0.25, -0.2) is 0 Å². The van der Waals surface area contributed by atoms with Crippen LogP contribution in [-0.2, 0) is 11.2 Å². The minimum Gasteiger partial charge on any atom is -0.381 e. The molecule has 0 heterocycles. The molecule has 2 heteroatoms. The van der Waals surface area contributed by atoms with Gasteiger partial charge in [0.05, 0.1) is 0 Å². The Balaban J connectivity index is 2.41. The van der Waals surface area contributed by atoms with E-state index < -0.39 is 0 Å². The highest BCUT2D eigenvalue weighted by molar-refractivity contribution is 5.25. The van der Waals surface area contributed by atoms with E-state index in [-0.39, 0.29) is 0 Å². The number of hydrogen-bond donors (Lipinski definition) is 1. The third-order valence-corrected chi connectivity index (χ3v) is 3.77. The van der Waals surface area contributed by atoms with E-state index in [1.165, 1.54) is 24.0 Å². The fraction of sp³-hybridized carbons (Fsp3) is 0.667. The number of ether oxygens (including phenoxy) is 1. The molecular weight excluding hydrogens is 246 g/mol. The maximum atomic E-state index is 5.72. The molecule has 0 radical (unpaired) electrons. The summed E-state index contributed by atoms with van der Waals surface area (Å²) in [6, 6.07) is 8.72. The summed E-state index contributed by atoms with van der Waals surface area (Å²) in [5.74, 6) is 0.665. The lowest BCUT2D eigenvalue weighted by molar-refractivity contribution is 0.117. The summed E-state index contributed by atoms with van der Waals surface area (Å²) in [6.07, 6.45) is 4.68. The minimum atomic E-state index is 0.665. The van der Waals surface area contributed by atoms with Crippen molar-refractivity contribution in [2.75, 3.05) is 26.3 Å². The first kappa shape index (κ1) is 17.2. The second-order valence-electron chi connectivity index (χ2n) is 5.56. The molecule has 0 aliphatic rings. The summed E-state index contributed by atoms with van der Waals surface area (Å²) in [7, 11) is 0. The van der Waals surface area contributed by atoms with Gasteiger partial charge in [0.25, 0.3) is 0 Å². The normalized spacial score (nSPS) is 12.6. The number of nitrogens with one attached hydrogen (secondary N) is 1. The molecule has 114 valence electrons. The van der Waals surface area contributed by atoms with Gasteiger partial charge in [0.1, 0.15) is 0 Å². The summed E-state index contributed by atoms with van der Waals surface area (Å²) >= 11 is 0. The van der Waals surface area contributed by atoms with Crippen molar-refractivity contribution in [3.63, 3.8) is 0 Å². The SMILES string of the molecule is CCCCOCCC(CNCC)Cc1ccccc1C. The van der Waals surface area contributed by atoms with Gasteiger partial charge < -0.3 is 10.1 Å². The Kier molecular flexibility index (Phi) is 9.35. The Hall–Kier alpha value is -0.860. The van der Waals surface area contributed by atoms with Gasteiger partial charge in [-0.15, -0.1) is 0 Å². The number of rotatable bonds is 11. The summed E-state index contributed by atoms with van der Waals surface area (Å²) in [6.45, 7) is 10.5. The molecule has 1 unspecified atom stereocenters. The van der Waals surface area contributed by atoms with Gasteiger partial charge in [-0.05, 0) is 56.3 Å². The van der Waals surface area contributed by atoms with Crippen LogP contribution in [0.1, 0.15) is 44.2 Å². The zero-order chi connectivity index (χ0) is 14.6. The van der Waals surface area contributed by atoms with Crippen LogP contribution in [0.2, 0.25) is 0 Å². The van der Waals surface area contributed by atoms with Crippen molar-refractivity contribution in [2.45, 2.75) is 46.5 Å². The molecule has 1 aromatic rings. The van der Waals surface area contributed by atoms with Gasteiger partial charge >= 0.3 is 0 Å². The molecule has 0 aliphatic carbocycles. The van der Waals surface area contributed by atoms with E-state index in [4.69, 9.17) is 4.74 Å². The van der Waals surface area contributed by atoms with Crippen molar-refractivity contribution in [3.8, 4) is 0 Å². The lowest BCUT2D eigenvalue weighted by Crippen LogP contribution is -2.25. The van der Waals surface area contributed by atoms with E-state index in [2.05, 4.69) is 50.4 Å². The van der Waals surface area contributed by atoms with Crippen LogP contribution in [-0.4, -0.2) is 26.3 Å². The highest BCUT2D eigenvalue weighted by Gasteiger charge is 2.10. The average Bonchev–Trinajstić information content (AvgIpc) is 2.46. The van der Waals surface area contributed by atoms with Gasteiger partial charge in [0.15, 0.2) is 0 Å². The van der Waals surface area contributed by atoms with Gasteiger partial charge in [-0.3, -0.25) is 0 Å². The molecule has 0 amide bonds. The van der Waals surface area contributed by atoms with Gasteiger partial charge in [-0.2, -0.15) is 0 Å². The van der Waals surface area contributed by atoms with Crippen LogP contribution < -0.4 is 5.32 Å². The van der Waals surface area contributed by atoms with Crippen molar-refractivity contribution in [3.05, 3.63) is 35.4 Å². The number of hydrogen-bond acceptors (Lipinski definition) is 2. The smallest absolute Gasteiger partial charge is 0.0469 e. The number of unbranched alkanes of at least 4 members (excludes halogenated alkanes) is 1. The monoisotopic (exact) mass is 277 g/mol. The van der Waals surface area contributed by atoms with Gasteiger partial charge in [-0.1, -0.05) is 44.5 Å². The topological polar surface area (TPSA) is 21.3 Å². The van der Waals surface area contributed by atoms with E-state index in [1.54, 1.807) is 0 Å². The standard InChI is InChI=1S/C18H31NO/c1-4-6-12-20-13-11-17(15-19-5-2)14-18-10-8-7-9-16(18)3/h7-10,17,19H,4-6,11-15H2,1-3H3. The Labute approximate surface area is 124 Å². The molecule has 2 nitrogen and oxygen atoms in total. The zero-order valence-electron chi connectivity index (χ0n) is 13.5. The minimum absolute atomic E-state index is 0.665. The largest absolute Gasteiger partial charge is 0.381 e. The summed E-state index contributed by atoms with van der Waals surface area (Å²) in [5, 5.41) is 3.48. The fourth-order valence-electron chi connectivity index (χ4n) is 2.37.